The number of hydrogen-bond donors (Lipinski definition) is 4. The smallest absolute Gasteiger partial charge is 0.264 e. The Kier molecular flexibility index (Phi) is 4.35. The van der Waals surface area contributed by atoms with Crippen LogP contribution in [-0.2, 0) is 9.59 Å². The van der Waals surface area contributed by atoms with Crippen molar-refractivity contribution in [3.8, 4) is 0 Å². The van der Waals surface area contributed by atoms with Crippen LogP contribution >= 0.6 is 11.3 Å². The fraction of sp³-hybridized carbons (Fsp3) is 0.417. The monoisotopic (exact) mass is 297 g/mol. The van der Waals surface area contributed by atoms with Crippen LogP contribution in [0.25, 0.3) is 0 Å². The minimum absolute atomic E-state index is 0.208. The van der Waals surface area contributed by atoms with E-state index in [0.29, 0.717) is 17.0 Å². The lowest BCUT2D eigenvalue weighted by atomic mass is 10.1. The quantitative estimate of drug-likeness (QED) is 0.463. The average molecular weight is 297 g/mol. The van der Waals surface area contributed by atoms with Crippen LogP contribution in [0.2, 0.25) is 0 Å². The van der Waals surface area contributed by atoms with Crippen molar-refractivity contribution in [3.63, 3.8) is 0 Å². The number of aliphatic hydroxyl groups is 1. The Morgan fingerprint density at radius 3 is 2.95 bits per heavy atom. The molecule has 0 bridgehead atoms. The number of carbonyl (C=O) groups excluding carboxylic acids is 3. The molecule has 0 spiro atoms. The zero-order valence-corrected chi connectivity index (χ0v) is 11.6. The highest BCUT2D eigenvalue weighted by Crippen LogP contribution is 2.23. The van der Waals surface area contributed by atoms with Gasteiger partial charge in [0, 0.05) is 6.42 Å². The predicted molar refractivity (Wildman–Crippen MR) is 73.3 cm³/mol. The summed E-state index contributed by atoms with van der Waals surface area (Å²) in [5, 5.41) is 18.5. The van der Waals surface area contributed by atoms with Crippen molar-refractivity contribution in [1.82, 2.24) is 10.6 Å². The molecule has 1 saturated heterocycles. The Bertz CT molecular complexity index is 541. The second kappa shape index (κ2) is 6.02. The third kappa shape index (κ3) is 3.34. The zero-order valence-electron chi connectivity index (χ0n) is 10.8. The summed E-state index contributed by atoms with van der Waals surface area (Å²) >= 11 is 1.21. The molecule has 4 N–H and O–H groups in total. The summed E-state index contributed by atoms with van der Waals surface area (Å²) in [6.07, 6.45) is -0.285. The van der Waals surface area contributed by atoms with Crippen molar-refractivity contribution in [2.24, 2.45) is 0 Å². The summed E-state index contributed by atoms with van der Waals surface area (Å²) in [4.78, 5) is 35.1. The SMILES string of the molecule is CC(O)Nc1ccsc1C(=O)NC1CCC(=O)NC1=O. The van der Waals surface area contributed by atoms with Crippen LogP contribution in [0.15, 0.2) is 11.4 Å². The molecule has 0 aromatic carbocycles. The van der Waals surface area contributed by atoms with E-state index in [4.69, 9.17) is 0 Å². The Balaban J connectivity index is 2.03. The second-order valence-corrected chi connectivity index (χ2v) is 5.38. The highest BCUT2D eigenvalue weighted by Gasteiger charge is 2.29. The van der Waals surface area contributed by atoms with Gasteiger partial charge in [0.1, 0.15) is 17.1 Å². The maximum atomic E-state index is 12.1. The van der Waals surface area contributed by atoms with Crippen LogP contribution < -0.4 is 16.0 Å². The highest BCUT2D eigenvalue weighted by molar-refractivity contribution is 7.12. The summed E-state index contributed by atoms with van der Waals surface area (Å²) in [6.45, 7) is 1.54. The highest BCUT2D eigenvalue weighted by atomic mass is 32.1. The average Bonchev–Trinajstić information content (AvgIpc) is 2.80. The van der Waals surface area contributed by atoms with Crippen molar-refractivity contribution in [3.05, 3.63) is 16.3 Å². The number of piperidine rings is 1. The molecule has 8 heteroatoms. The van der Waals surface area contributed by atoms with E-state index < -0.39 is 24.1 Å². The van der Waals surface area contributed by atoms with E-state index in [9.17, 15) is 19.5 Å². The standard InChI is InChI=1S/C12H15N3O4S/c1-6(16)13-7-4-5-20-10(7)12(19)14-8-2-3-9(17)15-11(8)18/h4-6,8,13,16H,2-3H2,1H3,(H,14,19)(H,15,17,18). The van der Waals surface area contributed by atoms with Crippen molar-refractivity contribution >= 4 is 34.7 Å². The van der Waals surface area contributed by atoms with E-state index in [0.717, 1.165) is 0 Å². The van der Waals surface area contributed by atoms with Crippen LogP contribution in [-0.4, -0.2) is 35.1 Å². The molecule has 1 aliphatic rings. The number of amides is 3. The van der Waals surface area contributed by atoms with Gasteiger partial charge in [-0.05, 0) is 24.8 Å². The third-order valence-electron chi connectivity index (χ3n) is 2.78. The largest absolute Gasteiger partial charge is 0.374 e. The van der Waals surface area contributed by atoms with Crippen LogP contribution in [0.1, 0.15) is 29.4 Å². The van der Waals surface area contributed by atoms with E-state index in [2.05, 4.69) is 16.0 Å². The number of anilines is 1. The topological polar surface area (TPSA) is 108 Å². The fourth-order valence-corrected chi connectivity index (χ4v) is 2.64. The number of rotatable bonds is 4. The number of imide groups is 1. The molecule has 2 heterocycles. The van der Waals surface area contributed by atoms with Gasteiger partial charge in [0.2, 0.25) is 11.8 Å². The van der Waals surface area contributed by atoms with E-state index in [1.165, 1.54) is 11.3 Å². The molecule has 0 saturated carbocycles. The lowest BCUT2D eigenvalue weighted by Crippen LogP contribution is -2.52. The first-order valence-electron chi connectivity index (χ1n) is 6.14. The molecule has 1 aromatic rings. The maximum absolute atomic E-state index is 12.1. The summed E-state index contributed by atoms with van der Waals surface area (Å²) in [7, 11) is 0. The molecule has 7 nitrogen and oxygen atoms in total. The van der Waals surface area contributed by atoms with Gasteiger partial charge in [-0.1, -0.05) is 0 Å². The maximum Gasteiger partial charge on any atom is 0.264 e. The van der Waals surface area contributed by atoms with Gasteiger partial charge in [-0.3, -0.25) is 19.7 Å². The number of nitrogens with one attached hydrogen (secondary N) is 3. The summed E-state index contributed by atoms with van der Waals surface area (Å²) < 4.78 is 0. The first kappa shape index (κ1) is 14.5. The molecule has 2 atom stereocenters. The molecule has 3 amide bonds. The summed E-state index contributed by atoms with van der Waals surface area (Å²) in [5.41, 5.74) is 0.509. The molecule has 20 heavy (non-hydrogen) atoms. The number of thiophene rings is 1. The Morgan fingerprint density at radius 1 is 1.55 bits per heavy atom. The number of aliphatic hydroxyl groups excluding tert-OH is 1. The molecule has 1 aromatic heterocycles. The van der Waals surface area contributed by atoms with Gasteiger partial charge in [0.15, 0.2) is 0 Å². The van der Waals surface area contributed by atoms with Crippen molar-refractivity contribution in [1.29, 1.82) is 0 Å². The van der Waals surface area contributed by atoms with Crippen molar-refractivity contribution < 1.29 is 19.5 Å². The molecule has 2 rings (SSSR count). The third-order valence-corrected chi connectivity index (χ3v) is 3.69. The number of hydrogen-bond acceptors (Lipinski definition) is 6. The van der Waals surface area contributed by atoms with Crippen LogP contribution in [0.4, 0.5) is 5.69 Å². The molecule has 0 radical (unpaired) electrons. The fourth-order valence-electron chi connectivity index (χ4n) is 1.88. The molecule has 1 fully saturated rings. The summed E-state index contributed by atoms with van der Waals surface area (Å²) in [6, 6.07) is 0.971. The molecular weight excluding hydrogens is 282 g/mol. The number of carbonyl (C=O) groups is 3. The summed E-state index contributed by atoms with van der Waals surface area (Å²) in [5.74, 6) is -1.22. The molecule has 108 valence electrons. The van der Waals surface area contributed by atoms with E-state index in [1.807, 2.05) is 0 Å². The van der Waals surface area contributed by atoms with Gasteiger partial charge in [0.25, 0.3) is 5.91 Å². The van der Waals surface area contributed by atoms with Crippen LogP contribution in [0.5, 0.6) is 0 Å². The molecule has 0 aliphatic carbocycles. The van der Waals surface area contributed by atoms with Crippen molar-refractivity contribution in [2.45, 2.75) is 32.0 Å². The van der Waals surface area contributed by atoms with Crippen LogP contribution in [0.3, 0.4) is 0 Å². The first-order chi connectivity index (χ1) is 9.47. The van der Waals surface area contributed by atoms with Gasteiger partial charge >= 0.3 is 0 Å². The van der Waals surface area contributed by atoms with Gasteiger partial charge in [-0.25, -0.2) is 0 Å². The lowest BCUT2D eigenvalue weighted by Gasteiger charge is -2.21. The Hall–Kier alpha value is -1.93. The van der Waals surface area contributed by atoms with Gasteiger partial charge in [-0.15, -0.1) is 11.3 Å². The Morgan fingerprint density at radius 2 is 2.30 bits per heavy atom. The van der Waals surface area contributed by atoms with Gasteiger partial charge in [0.05, 0.1) is 5.69 Å². The minimum Gasteiger partial charge on any atom is -0.374 e. The molecule has 2 unspecified atom stereocenters. The lowest BCUT2D eigenvalue weighted by molar-refractivity contribution is -0.134. The predicted octanol–water partition coefficient (Wildman–Crippen LogP) is 0.0333. The molecule has 1 aliphatic heterocycles. The van der Waals surface area contributed by atoms with E-state index in [1.54, 1.807) is 18.4 Å². The van der Waals surface area contributed by atoms with Gasteiger partial charge in [-0.2, -0.15) is 0 Å². The van der Waals surface area contributed by atoms with Gasteiger partial charge < -0.3 is 15.7 Å². The van der Waals surface area contributed by atoms with E-state index >= 15 is 0 Å². The zero-order chi connectivity index (χ0) is 14.7. The minimum atomic E-state index is -0.785. The Labute approximate surface area is 119 Å². The second-order valence-electron chi connectivity index (χ2n) is 4.46. The normalized spacial score (nSPS) is 20.2. The van der Waals surface area contributed by atoms with Crippen molar-refractivity contribution in [2.75, 3.05) is 5.32 Å². The van der Waals surface area contributed by atoms with Crippen LogP contribution in [0, 0.1) is 0 Å². The molecular formula is C12H15N3O4S. The van der Waals surface area contributed by atoms with E-state index in [-0.39, 0.29) is 12.3 Å². The first-order valence-corrected chi connectivity index (χ1v) is 7.02.